The summed E-state index contributed by atoms with van der Waals surface area (Å²) in [5, 5.41) is 3.15. The second-order valence-electron chi connectivity index (χ2n) is 5.90. The number of hydrogen-bond donors (Lipinski definition) is 1. The third-order valence-corrected chi connectivity index (χ3v) is 6.64. The molecule has 3 rings (SSSR count). The SMILES string of the molecule is Cl.O=S(=O)(c1ccc(Cl)cc1C(F)(F)F)N1CCC2NCCC2C1. The largest absolute Gasteiger partial charge is 0.417 e. The zero-order valence-corrected chi connectivity index (χ0v) is 14.9. The quantitative estimate of drug-likeness (QED) is 0.823. The van der Waals surface area contributed by atoms with Crippen LogP contribution in [0, 0.1) is 5.92 Å². The Balaban J connectivity index is 0.00000208. The lowest BCUT2D eigenvalue weighted by Gasteiger charge is -2.34. The van der Waals surface area contributed by atoms with Gasteiger partial charge in [-0.25, -0.2) is 8.42 Å². The van der Waals surface area contributed by atoms with E-state index in [2.05, 4.69) is 5.32 Å². The maximum atomic E-state index is 13.2. The van der Waals surface area contributed by atoms with Gasteiger partial charge in [0.2, 0.25) is 10.0 Å². The molecule has 0 amide bonds. The zero-order chi connectivity index (χ0) is 16.8. The summed E-state index contributed by atoms with van der Waals surface area (Å²) in [6.07, 6.45) is -3.33. The third-order valence-electron chi connectivity index (χ3n) is 4.48. The van der Waals surface area contributed by atoms with Gasteiger partial charge in [0, 0.05) is 24.2 Å². The molecule has 10 heteroatoms. The Morgan fingerprint density at radius 3 is 2.62 bits per heavy atom. The topological polar surface area (TPSA) is 49.4 Å². The van der Waals surface area contributed by atoms with Gasteiger partial charge in [0.25, 0.3) is 0 Å². The molecule has 1 N–H and O–H groups in total. The van der Waals surface area contributed by atoms with Crippen LogP contribution in [-0.2, 0) is 16.2 Å². The van der Waals surface area contributed by atoms with Crippen molar-refractivity contribution in [3.63, 3.8) is 0 Å². The first-order valence-corrected chi connectivity index (χ1v) is 9.11. The van der Waals surface area contributed by atoms with E-state index in [1.54, 1.807) is 0 Å². The van der Waals surface area contributed by atoms with Gasteiger partial charge in [0.15, 0.2) is 0 Å². The van der Waals surface area contributed by atoms with E-state index in [4.69, 9.17) is 11.6 Å². The van der Waals surface area contributed by atoms with Crippen LogP contribution >= 0.6 is 24.0 Å². The first kappa shape index (κ1) is 19.8. The van der Waals surface area contributed by atoms with Crippen LogP contribution in [0.1, 0.15) is 18.4 Å². The highest BCUT2D eigenvalue weighted by atomic mass is 35.5. The summed E-state index contributed by atoms with van der Waals surface area (Å²) in [6, 6.07) is 3.04. The monoisotopic (exact) mass is 404 g/mol. The van der Waals surface area contributed by atoms with Crippen LogP contribution in [0.2, 0.25) is 5.02 Å². The van der Waals surface area contributed by atoms with E-state index in [0.717, 1.165) is 19.0 Å². The second-order valence-corrected chi connectivity index (χ2v) is 8.24. The molecule has 0 spiro atoms. The molecule has 2 fully saturated rings. The highest BCUT2D eigenvalue weighted by molar-refractivity contribution is 7.89. The maximum Gasteiger partial charge on any atom is 0.417 e. The highest BCUT2D eigenvalue weighted by Gasteiger charge is 2.42. The van der Waals surface area contributed by atoms with Crippen molar-refractivity contribution in [3.05, 3.63) is 28.8 Å². The highest BCUT2D eigenvalue weighted by Crippen LogP contribution is 2.38. The van der Waals surface area contributed by atoms with Crippen molar-refractivity contribution in [2.24, 2.45) is 5.92 Å². The Morgan fingerprint density at radius 1 is 1.25 bits per heavy atom. The van der Waals surface area contributed by atoms with Crippen LogP contribution in [0.4, 0.5) is 13.2 Å². The molecular formula is C14H17Cl2F3N2O2S. The summed E-state index contributed by atoms with van der Waals surface area (Å²) in [7, 11) is -4.20. The molecule has 0 bridgehead atoms. The van der Waals surface area contributed by atoms with Crippen molar-refractivity contribution in [1.29, 1.82) is 0 Å². The van der Waals surface area contributed by atoms with Gasteiger partial charge in [0.1, 0.15) is 0 Å². The first-order chi connectivity index (χ1) is 10.7. The standard InChI is InChI=1S/C14H16ClF3N2O2S.ClH/c15-10-1-2-13(11(7-10)14(16,17)18)23(21,22)20-6-4-12-9(8-20)3-5-19-12;/h1-2,7,9,12,19H,3-6,8H2;1H. The number of piperidine rings is 1. The van der Waals surface area contributed by atoms with Gasteiger partial charge in [0.05, 0.1) is 10.5 Å². The molecule has 2 aliphatic heterocycles. The summed E-state index contributed by atoms with van der Waals surface area (Å²) >= 11 is 5.62. The van der Waals surface area contributed by atoms with E-state index >= 15 is 0 Å². The predicted molar refractivity (Wildman–Crippen MR) is 87.0 cm³/mol. The van der Waals surface area contributed by atoms with E-state index in [1.807, 2.05) is 0 Å². The molecule has 2 heterocycles. The Hall–Kier alpha value is -0.540. The van der Waals surface area contributed by atoms with Gasteiger partial charge in [-0.15, -0.1) is 12.4 Å². The minimum absolute atomic E-state index is 0. The Kier molecular flexibility index (Phi) is 5.76. The molecule has 0 aliphatic carbocycles. The van der Waals surface area contributed by atoms with Gasteiger partial charge >= 0.3 is 6.18 Å². The average Bonchev–Trinajstić information content (AvgIpc) is 2.93. The first-order valence-electron chi connectivity index (χ1n) is 7.30. The number of nitrogens with one attached hydrogen (secondary N) is 1. The van der Waals surface area contributed by atoms with Crippen LogP contribution < -0.4 is 5.32 Å². The number of fused-ring (bicyclic) bond motifs is 1. The molecule has 2 saturated heterocycles. The molecule has 2 aliphatic rings. The minimum atomic E-state index is -4.78. The van der Waals surface area contributed by atoms with E-state index < -0.39 is 26.7 Å². The lowest BCUT2D eigenvalue weighted by Crippen LogP contribution is -2.47. The average molecular weight is 405 g/mol. The molecule has 1 aromatic carbocycles. The Labute approximate surface area is 149 Å². The Morgan fingerprint density at radius 2 is 1.96 bits per heavy atom. The van der Waals surface area contributed by atoms with E-state index in [9.17, 15) is 21.6 Å². The molecule has 2 atom stereocenters. The van der Waals surface area contributed by atoms with E-state index in [-0.39, 0.29) is 42.5 Å². The number of nitrogens with zero attached hydrogens (tertiary/aromatic N) is 1. The van der Waals surface area contributed by atoms with Crippen molar-refractivity contribution in [1.82, 2.24) is 9.62 Å². The van der Waals surface area contributed by atoms with Crippen LogP contribution in [-0.4, -0.2) is 38.4 Å². The van der Waals surface area contributed by atoms with Gasteiger partial charge in [-0.1, -0.05) is 11.6 Å². The molecule has 24 heavy (non-hydrogen) atoms. The smallest absolute Gasteiger partial charge is 0.314 e. The molecule has 4 nitrogen and oxygen atoms in total. The number of rotatable bonds is 2. The maximum absolute atomic E-state index is 13.2. The van der Waals surface area contributed by atoms with Crippen LogP contribution in [0.3, 0.4) is 0 Å². The Bertz CT molecular complexity index is 712. The van der Waals surface area contributed by atoms with Gasteiger partial charge in [-0.2, -0.15) is 17.5 Å². The molecular weight excluding hydrogens is 388 g/mol. The number of sulfonamides is 1. The third kappa shape index (κ3) is 3.67. The summed E-state index contributed by atoms with van der Waals surface area (Å²) in [4.78, 5) is -0.723. The van der Waals surface area contributed by atoms with Crippen molar-refractivity contribution in [3.8, 4) is 0 Å². The van der Waals surface area contributed by atoms with Gasteiger partial charge in [-0.3, -0.25) is 0 Å². The van der Waals surface area contributed by atoms with Crippen molar-refractivity contribution in [2.45, 2.75) is 30.0 Å². The fourth-order valence-electron chi connectivity index (χ4n) is 3.32. The van der Waals surface area contributed by atoms with Gasteiger partial charge in [-0.05, 0) is 43.5 Å². The van der Waals surface area contributed by atoms with Crippen LogP contribution in [0.15, 0.2) is 23.1 Å². The molecule has 0 radical (unpaired) electrons. The normalized spacial score (nSPS) is 25.2. The molecule has 1 aromatic rings. The summed E-state index contributed by atoms with van der Waals surface area (Å²) in [6.45, 7) is 1.29. The van der Waals surface area contributed by atoms with Gasteiger partial charge < -0.3 is 5.32 Å². The van der Waals surface area contributed by atoms with Crippen molar-refractivity contribution < 1.29 is 21.6 Å². The number of alkyl halides is 3. The van der Waals surface area contributed by atoms with Crippen LogP contribution in [0.5, 0.6) is 0 Å². The number of halogens is 5. The minimum Gasteiger partial charge on any atom is -0.314 e. The van der Waals surface area contributed by atoms with Crippen molar-refractivity contribution in [2.75, 3.05) is 19.6 Å². The molecule has 2 unspecified atom stereocenters. The second kappa shape index (κ2) is 6.99. The summed E-state index contributed by atoms with van der Waals surface area (Å²) in [5.74, 6) is 0.153. The van der Waals surface area contributed by atoms with Crippen molar-refractivity contribution >= 4 is 34.0 Å². The number of hydrogen-bond acceptors (Lipinski definition) is 3. The zero-order valence-electron chi connectivity index (χ0n) is 12.5. The lowest BCUT2D eigenvalue weighted by molar-refractivity contribution is -0.139. The fourth-order valence-corrected chi connectivity index (χ4v) is 5.20. The molecule has 0 aromatic heterocycles. The van der Waals surface area contributed by atoms with E-state index in [1.165, 1.54) is 10.4 Å². The summed E-state index contributed by atoms with van der Waals surface area (Å²) in [5.41, 5.74) is -1.21. The predicted octanol–water partition coefficient (Wildman–Crippen LogP) is 3.15. The fraction of sp³-hybridized carbons (Fsp3) is 0.571. The number of benzene rings is 1. The molecule has 136 valence electrons. The van der Waals surface area contributed by atoms with Crippen LogP contribution in [0.25, 0.3) is 0 Å². The lowest BCUT2D eigenvalue weighted by atomic mass is 9.95. The summed E-state index contributed by atoms with van der Waals surface area (Å²) < 4.78 is 66.2. The molecule has 0 saturated carbocycles. The van der Waals surface area contributed by atoms with E-state index in [0.29, 0.717) is 12.5 Å².